The molecule has 5 nitrogen and oxygen atoms in total. The average Bonchev–Trinajstić information content (AvgIpc) is 3.11. The number of aryl methyl sites for hydroxylation is 1. The Bertz CT molecular complexity index is 615. The first-order chi connectivity index (χ1) is 10.2. The van der Waals surface area contributed by atoms with Gasteiger partial charge in [-0.2, -0.15) is 0 Å². The molecule has 0 saturated heterocycles. The number of fused-ring (bicyclic) bond motifs is 1. The van der Waals surface area contributed by atoms with Crippen molar-refractivity contribution >= 4 is 11.3 Å². The summed E-state index contributed by atoms with van der Waals surface area (Å²) in [5, 5.41) is 16.6. The zero-order valence-electron chi connectivity index (χ0n) is 11.8. The summed E-state index contributed by atoms with van der Waals surface area (Å²) in [6, 6.07) is 5.53. The quantitative estimate of drug-likeness (QED) is 0.800. The molecule has 1 aromatic carbocycles. The third-order valence-electron chi connectivity index (χ3n) is 3.34. The molecule has 0 spiro atoms. The summed E-state index contributed by atoms with van der Waals surface area (Å²) in [5.41, 5.74) is 1.93. The predicted molar refractivity (Wildman–Crippen MR) is 80.9 cm³/mol. The van der Waals surface area contributed by atoms with Crippen molar-refractivity contribution in [1.82, 2.24) is 10.3 Å². The van der Waals surface area contributed by atoms with Crippen molar-refractivity contribution in [3.05, 3.63) is 39.8 Å². The van der Waals surface area contributed by atoms with Crippen LogP contribution < -0.4 is 14.8 Å². The zero-order chi connectivity index (χ0) is 14.7. The van der Waals surface area contributed by atoms with Crippen LogP contribution in [0.3, 0.4) is 0 Å². The van der Waals surface area contributed by atoms with Gasteiger partial charge in [0.1, 0.15) is 0 Å². The zero-order valence-corrected chi connectivity index (χ0v) is 12.7. The molecule has 0 amide bonds. The van der Waals surface area contributed by atoms with Crippen molar-refractivity contribution in [2.24, 2.45) is 0 Å². The highest BCUT2D eigenvalue weighted by Gasteiger charge is 2.16. The van der Waals surface area contributed by atoms with E-state index in [1.807, 2.05) is 25.1 Å². The highest BCUT2D eigenvalue weighted by Crippen LogP contribution is 2.34. The average molecular weight is 306 g/mol. The summed E-state index contributed by atoms with van der Waals surface area (Å²) in [4.78, 5) is 4.41. The van der Waals surface area contributed by atoms with E-state index in [4.69, 9.17) is 9.47 Å². The van der Waals surface area contributed by atoms with Crippen LogP contribution in [0.15, 0.2) is 23.6 Å². The third-order valence-corrected chi connectivity index (χ3v) is 4.17. The van der Waals surface area contributed by atoms with Gasteiger partial charge in [0.15, 0.2) is 11.5 Å². The second-order valence-corrected chi connectivity index (χ2v) is 6.00. The lowest BCUT2D eigenvalue weighted by atomic mass is 10.1. The van der Waals surface area contributed by atoms with Gasteiger partial charge in [-0.15, -0.1) is 11.3 Å². The minimum Gasteiger partial charge on any atom is -0.454 e. The Morgan fingerprint density at radius 2 is 2.24 bits per heavy atom. The van der Waals surface area contributed by atoms with E-state index in [1.54, 1.807) is 11.3 Å². The molecule has 1 unspecified atom stereocenters. The molecule has 112 valence electrons. The summed E-state index contributed by atoms with van der Waals surface area (Å²) in [7, 11) is 0. The maximum Gasteiger partial charge on any atom is 0.231 e. The third kappa shape index (κ3) is 3.53. The fraction of sp³-hybridized carbons (Fsp3) is 0.400. The normalized spacial score (nSPS) is 14.4. The Kier molecular flexibility index (Phi) is 4.38. The van der Waals surface area contributed by atoms with Gasteiger partial charge < -0.3 is 19.9 Å². The number of benzene rings is 1. The number of aliphatic hydroxyl groups excluding tert-OH is 1. The number of hydrogen-bond acceptors (Lipinski definition) is 6. The number of nitrogens with zero attached hydrogens (tertiary/aromatic N) is 1. The van der Waals surface area contributed by atoms with Crippen molar-refractivity contribution in [3.8, 4) is 11.5 Å². The number of aromatic nitrogens is 1. The highest BCUT2D eigenvalue weighted by atomic mass is 32.1. The van der Waals surface area contributed by atoms with Crippen LogP contribution in [-0.4, -0.2) is 30.0 Å². The van der Waals surface area contributed by atoms with E-state index in [2.05, 4.69) is 15.7 Å². The van der Waals surface area contributed by atoms with Gasteiger partial charge in [-0.3, -0.25) is 0 Å². The summed E-state index contributed by atoms with van der Waals surface area (Å²) in [6.07, 6.45) is 0.315. The van der Waals surface area contributed by atoms with Crippen LogP contribution in [0.5, 0.6) is 11.5 Å². The topological polar surface area (TPSA) is 63.6 Å². The van der Waals surface area contributed by atoms with Gasteiger partial charge >= 0.3 is 0 Å². The molecule has 2 N–H and O–H groups in total. The van der Waals surface area contributed by atoms with Crippen LogP contribution in [0, 0.1) is 6.92 Å². The molecule has 0 bridgehead atoms. The first kappa shape index (κ1) is 14.3. The Hall–Kier alpha value is -1.63. The number of ether oxygens (including phenoxy) is 2. The molecule has 1 aliphatic rings. The lowest BCUT2D eigenvalue weighted by molar-refractivity contribution is 0.170. The molecular formula is C15H18N2O3S. The Balaban J connectivity index is 1.46. The van der Waals surface area contributed by atoms with Gasteiger partial charge in [0.05, 0.1) is 16.8 Å². The Labute approximate surface area is 127 Å². The molecule has 1 atom stereocenters. The standard InChI is InChI=1S/C15H18N2O3S/c1-10-17-12(8-21-10)4-5-16-7-13(18)11-2-3-14-15(6-11)20-9-19-14/h2-3,6,8,13,16,18H,4-5,7,9H2,1H3. The fourth-order valence-corrected chi connectivity index (χ4v) is 2.86. The summed E-state index contributed by atoms with van der Waals surface area (Å²) >= 11 is 1.66. The van der Waals surface area contributed by atoms with Gasteiger partial charge in [-0.25, -0.2) is 4.98 Å². The number of hydrogen-bond donors (Lipinski definition) is 2. The maximum atomic E-state index is 10.2. The molecule has 0 saturated carbocycles. The first-order valence-corrected chi connectivity index (χ1v) is 7.79. The largest absolute Gasteiger partial charge is 0.454 e. The molecule has 2 aromatic rings. The molecule has 6 heteroatoms. The van der Waals surface area contributed by atoms with E-state index >= 15 is 0 Å². The van der Waals surface area contributed by atoms with E-state index in [0.717, 1.165) is 35.0 Å². The van der Waals surface area contributed by atoms with Crippen LogP contribution in [0.1, 0.15) is 22.4 Å². The fourth-order valence-electron chi connectivity index (χ4n) is 2.22. The van der Waals surface area contributed by atoms with E-state index in [-0.39, 0.29) is 6.79 Å². The van der Waals surface area contributed by atoms with Crippen LogP contribution in [0.4, 0.5) is 0 Å². The van der Waals surface area contributed by atoms with Crippen molar-refractivity contribution < 1.29 is 14.6 Å². The molecule has 0 radical (unpaired) electrons. The number of aliphatic hydroxyl groups is 1. The molecule has 3 rings (SSSR count). The summed E-state index contributed by atoms with van der Waals surface area (Å²) < 4.78 is 10.6. The Morgan fingerprint density at radius 3 is 3.05 bits per heavy atom. The predicted octanol–water partition coefficient (Wildman–Crippen LogP) is 2.05. The van der Waals surface area contributed by atoms with Crippen LogP contribution in [-0.2, 0) is 6.42 Å². The molecule has 0 aliphatic carbocycles. The summed E-state index contributed by atoms with van der Waals surface area (Å²) in [6.45, 7) is 3.55. The van der Waals surface area contributed by atoms with Crippen molar-refractivity contribution in [1.29, 1.82) is 0 Å². The molecule has 0 fully saturated rings. The SMILES string of the molecule is Cc1nc(CCNCC(O)c2ccc3c(c2)OCO3)cs1. The monoisotopic (exact) mass is 306 g/mol. The summed E-state index contributed by atoms with van der Waals surface area (Å²) in [5.74, 6) is 1.43. The highest BCUT2D eigenvalue weighted by molar-refractivity contribution is 7.09. The van der Waals surface area contributed by atoms with Gasteiger partial charge in [0.2, 0.25) is 6.79 Å². The van der Waals surface area contributed by atoms with Gasteiger partial charge in [0, 0.05) is 24.9 Å². The molecule has 1 aromatic heterocycles. The Morgan fingerprint density at radius 1 is 1.38 bits per heavy atom. The van der Waals surface area contributed by atoms with E-state index in [0.29, 0.717) is 12.3 Å². The van der Waals surface area contributed by atoms with Crippen molar-refractivity contribution in [3.63, 3.8) is 0 Å². The number of thiazole rings is 1. The number of nitrogens with one attached hydrogen (secondary N) is 1. The van der Waals surface area contributed by atoms with Crippen molar-refractivity contribution in [2.45, 2.75) is 19.4 Å². The van der Waals surface area contributed by atoms with Crippen LogP contribution in [0.25, 0.3) is 0 Å². The lowest BCUT2D eigenvalue weighted by Gasteiger charge is -2.12. The maximum absolute atomic E-state index is 10.2. The van der Waals surface area contributed by atoms with Gasteiger partial charge in [-0.05, 0) is 24.6 Å². The van der Waals surface area contributed by atoms with Crippen molar-refractivity contribution in [2.75, 3.05) is 19.9 Å². The minimum absolute atomic E-state index is 0.250. The van der Waals surface area contributed by atoms with Gasteiger partial charge in [-0.1, -0.05) is 6.07 Å². The molecule has 1 aliphatic heterocycles. The second-order valence-electron chi connectivity index (χ2n) is 4.94. The van der Waals surface area contributed by atoms with Crippen LogP contribution >= 0.6 is 11.3 Å². The van der Waals surface area contributed by atoms with Gasteiger partial charge in [0.25, 0.3) is 0 Å². The smallest absolute Gasteiger partial charge is 0.231 e. The molecule has 21 heavy (non-hydrogen) atoms. The molecular weight excluding hydrogens is 288 g/mol. The minimum atomic E-state index is -0.559. The van der Waals surface area contributed by atoms with E-state index in [1.165, 1.54) is 0 Å². The molecule has 2 heterocycles. The first-order valence-electron chi connectivity index (χ1n) is 6.92. The number of rotatable bonds is 6. The second kappa shape index (κ2) is 6.43. The lowest BCUT2D eigenvalue weighted by Crippen LogP contribution is -2.23. The van der Waals surface area contributed by atoms with Crippen LogP contribution in [0.2, 0.25) is 0 Å². The van der Waals surface area contributed by atoms with E-state index in [9.17, 15) is 5.11 Å². The van der Waals surface area contributed by atoms with E-state index < -0.39 is 6.10 Å².